The molecule has 108 valence electrons. The maximum absolute atomic E-state index is 12.8. The van der Waals surface area contributed by atoms with E-state index in [9.17, 15) is 13.2 Å². The number of hydrogen-bond donors (Lipinski definition) is 1. The Kier molecular flexibility index (Phi) is 4.13. The molecule has 1 heterocycles. The molecule has 20 heavy (non-hydrogen) atoms. The second-order valence-corrected chi connectivity index (χ2v) is 4.58. The number of aromatic nitrogens is 2. The molecule has 3 nitrogen and oxygen atoms in total. The van der Waals surface area contributed by atoms with E-state index in [1.165, 1.54) is 12.1 Å². The largest absolute Gasteiger partial charge is 0.416 e. The van der Waals surface area contributed by atoms with Gasteiger partial charge in [-0.3, -0.25) is 0 Å². The Morgan fingerprint density at radius 3 is 2.65 bits per heavy atom. The van der Waals surface area contributed by atoms with Gasteiger partial charge in [0.2, 0.25) is 0 Å². The first kappa shape index (κ1) is 14.6. The molecule has 0 aliphatic rings. The van der Waals surface area contributed by atoms with E-state index in [1.54, 1.807) is 23.2 Å². The Hall–Kier alpha value is -1.82. The molecule has 2 aromatic rings. The van der Waals surface area contributed by atoms with Crippen molar-refractivity contribution in [3.63, 3.8) is 0 Å². The van der Waals surface area contributed by atoms with Crippen LogP contribution in [0.1, 0.15) is 29.8 Å². The lowest BCUT2D eigenvalue weighted by Gasteiger charge is -2.17. The first-order valence-electron chi connectivity index (χ1n) is 6.30. The number of aryl methyl sites for hydroxylation is 1. The zero-order valence-corrected chi connectivity index (χ0v) is 11.3. The molecule has 0 radical (unpaired) electrons. The summed E-state index contributed by atoms with van der Waals surface area (Å²) in [6, 6.07) is 5.00. The minimum atomic E-state index is -4.34. The Balaban J connectivity index is 2.39. The first-order valence-corrected chi connectivity index (χ1v) is 6.30. The standard InChI is InChI=1S/C14H16F3N3/c1-3-18-13(12-8-20(2)9-19-12)10-5-4-6-11(7-10)14(15,16)17/h4-9,13,18H,3H2,1-2H3. The van der Waals surface area contributed by atoms with Crippen LogP contribution >= 0.6 is 0 Å². The molecule has 1 aromatic carbocycles. The lowest BCUT2D eigenvalue weighted by Crippen LogP contribution is -2.22. The van der Waals surface area contributed by atoms with Crippen molar-refractivity contribution < 1.29 is 13.2 Å². The SMILES string of the molecule is CCNC(c1cccc(C(F)(F)F)c1)c1cn(C)cn1. The van der Waals surface area contributed by atoms with Gasteiger partial charge in [0.15, 0.2) is 0 Å². The van der Waals surface area contributed by atoms with Gasteiger partial charge in [0.1, 0.15) is 0 Å². The van der Waals surface area contributed by atoms with E-state index in [2.05, 4.69) is 10.3 Å². The van der Waals surface area contributed by atoms with Gasteiger partial charge < -0.3 is 9.88 Å². The molecule has 0 aliphatic heterocycles. The van der Waals surface area contributed by atoms with Gasteiger partial charge in [0.25, 0.3) is 0 Å². The fourth-order valence-corrected chi connectivity index (χ4v) is 2.07. The summed E-state index contributed by atoms with van der Waals surface area (Å²) in [5.41, 5.74) is 0.614. The zero-order valence-electron chi connectivity index (χ0n) is 11.3. The van der Waals surface area contributed by atoms with Crippen LogP contribution in [0.15, 0.2) is 36.8 Å². The highest BCUT2D eigenvalue weighted by molar-refractivity contribution is 5.32. The lowest BCUT2D eigenvalue weighted by atomic mass is 10.0. The molecule has 1 atom stereocenters. The third-order valence-corrected chi connectivity index (χ3v) is 2.98. The second kappa shape index (κ2) is 5.66. The number of imidazole rings is 1. The van der Waals surface area contributed by atoms with E-state index in [4.69, 9.17) is 0 Å². The summed E-state index contributed by atoms with van der Waals surface area (Å²) in [5.74, 6) is 0. The number of hydrogen-bond acceptors (Lipinski definition) is 2. The molecular weight excluding hydrogens is 267 g/mol. The van der Waals surface area contributed by atoms with E-state index in [-0.39, 0.29) is 6.04 Å². The molecule has 1 unspecified atom stereocenters. The minimum Gasteiger partial charge on any atom is -0.340 e. The Labute approximate surface area is 115 Å². The Bertz CT molecular complexity index is 575. The Morgan fingerprint density at radius 2 is 2.10 bits per heavy atom. The van der Waals surface area contributed by atoms with Gasteiger partial charge in [-0.2, -0.15) is 13.2 Å². The van der Waals surface area contributed by atoms with Crippen LogP contribution in [0.5, 0.6) is 0 Å². The smallest absolute Gasteiger partial charge is 0.340 e. The fourth-order valence-electron chi connectivity index (χ4n) is 2.07. The number of alkyl halides is 3. The van der Waals surface area contributed by atoms with Crippen LogP contribution in [0.3, 0.4) is 0 Å². The van der Waals surface area contributed by atoms with Gasteiger partial charge in [-0.1, -0.05) is 19.1 Å². The summed E-state index contributed by atoms with van der Waals surface area (Å²) >= 11 is 0. The summed E-state index contributed by atoms with van der Waals surface area (Å²) in [4.78, 5) is 4.22. The molecule has 1 N–H and O–H groups in total. The lowest BCUT2D eigenvalue weighted by molar-refractivity contribution is -0.137. The highest BCUT2D eigenvalue weighted by Crippen LogP contribution is 2.31. The van der Waals surface area contributed by atoms with Crippen molar-refractivity contribution in [3.05, 3.63) is 53.6 Å². The first-order chi connectivity index (χ1) is 9.41. The van der Waals surface area contributed by atoms with E-state index < -0.39 is 11.7 Å². The molecule has 0 bridgehead atoms. The van der Waals surface area contributed by atoms with E-state index in [1.807, 2.05) is 14.0 Å². The fraction of sp³-hybridized carbons (Fsp3) is 0.357. The average Bonchev–Trinajstić information content (AvgIpc) is 2.81. The predicted molar refractivity (Wildman–Crippen MR) is 70.2 cm³/mol. The summed E-state index contributed by atoms with van der Waals surface area (Å²) in [7, 11) is 1.83. The second-order valence-electron chi connectivity index (χ2n) is 4.58. The van der Waals surface area contributed by atoms with E-state index >= 15 is 0 Å². The number of nitrogens with one attached hydrogen (secondary N) is 1. The van der Waals surface area contributed by atoms with E-state index in [0.717, 1.165) is 6.07 Å². The molecule has 0 spiro atoms. The third-order valence-electron chi connectivity index (χ3n) is 2.98. The third kappa shape index (κ3) is 3.19. The summed E-state index contributed by atoms with van der Waals surface area (Å²) in [5, 5.41) is 3.16. The van der Waals surface area contributed by atoms with Crippen molar-refractivity contribution in [2.24, 2.45) is 7.05 Å². The highest BCUT2D eigenvalue weighted by Gasteiger charge is 2.31. The highest BCUT2D eigenvalue weighted by atomic mass is 19.4. The van der Waals surface area contributed by atoms with Crippen molar-refractivity contribution in [1.82, 2.24) is 14.9 Å². The molecule has 2 rings (SSSR count). The molecule has 0 amide bonds. The van der Waals surface area contributed by atoms with Gasteiger partial charge in [-0.25, -0.2) is 4.98 Å². The van der Waals surface area contributed by atoms with E-state index in [0.29, 0.717) is 17.8 Å². The summed E-state index contributed by atoms with van der Waals surface area (Å²) < 4.78 is 40.1. The molecule has 0 fully saturated rings. The van der Waals surface area contributed by atoms with Crippen LogP contribution in [-0.2, 0) is 13.2 Å². The van der Waals surface area contributed by atoms with Crippen LogP contribution in [0.25, 0.3) is 0 Å². The van der Waals surface area contributed by atoms with Gasteiger partial charge >= 0.3 is 6.18 Å². The summed E-state index contributed by atoms with van der Waals surface area (Å²) in [6.07, 6.45) is -0.905. The van der Waals surface area contributed by atoms with Crippen LogP contribution in [0.4, 0.5) is 13.2 Å². The van der Waals surface area contributed by atoms with Crippen molar-refractivity contribution in [1.29, 1.82) is 0 Å². The average molecular weight is 283 g/mol. The van der Waals surface area contributed by atoms with Gasteiger partial charge in [0.05, 0.1) is 23.6 Å². The van der Waals surface area contributed by atoms with Crippen LogP contribution in [0, 0.1) is 0 Å². The van der Waals surface area contributed by atoms with Gasteiger partial charge in [-0.05, 0) is 24.2 Å². The molecule has 6 heteroatoms. The van der Waals surface area contributed by atoms with Gasteiger partial charge in [0, 0.05) is 13.2 Å². The molecular formula is C14H16F3N3. The number of halogens is 3. The minimum absolute atomic E-state index is 0.344. The van der Waals surface area contributed by atoms with Crippen LogP contribution in [0.2, 0.25) is 0 Å². The maximum Gasteiger partial charge on any atom is 0.416 e. The normalized spacial score (nSPS) is 13.4. The van der Waals surface area contributed by atoms with Crippen molar-refractivity contribution >= 4 is 0 Å². The van der Waals surface area contributed by atoms with Crippen LogP contribution in [-0.4, -0.2) is 16.1 Å². The van der Waals surface area contributed by atoms with Crippen molar-refractivity contribution in [2.75, 3.05) is 6.54 Å². The molecule has 0 aliphatic carbocycles. The Morgan fingerprint density at radius 1 is 1.35 bits per heavy atom. The zero-order chi connectivity index (χ0) is 14.8. The monoisotopic (exact) mass is 283 g/mol. The predicted octanol–water partition coefficient (Wildman–Crippen LogP) is 3.14. The number of rotatable bonds is 4. The summed E-state index contributed by atoms with van der Waals surface area (Å²) in [6.45, 7) is 2.54. The molecule has 0 saturated carbocycles. The number of nitrogens with zero attached hydrogens (tertiary/aromatic N) is 2. The van der Waals surface area contributed by atoms with Crippen molar-refractivity contribution in [3.8, 4) is 0 Å². The quantitative estimate of drug-likeness (QED) is 0.934. The topological polar surface area (TPSA) is 29.9 Å². The molecule has 0 saturated heterocycles. The van der Waals surface area contributed by atoms with Crippen molar-refractivity contribution in [2.45, 2.75) is 19.1 Å². The van der Waals surface area contributed by atoms with Crippen LogP contribution < -0.4 is 5.32 Å². The number of benzene rings is 1. The maximum atomic E-state index is 12.8. The molecule has 1 aromatic heterocycles. The van der Waals surface area contributed by atoms with Gasteiger partial charge in [-0.15, -0.1) is 0 Å².